The summed E-state index contributed by atoms with van der Waals surface area (Å²) < 4.78 is 5.11. The van der Waals surface area contributed by atoms with Crippen molar-refractivity contribution < 1.29 is 9.53 Å². The van der Waals surface area contributed by atoms with Gasteiger partial charge in [-0.05, 0) is 24.6 Å². The number of hydrogen-bond acceptors (Lipinski definition) is 2. The van der Waals surface area contributed by atoms with Crippen LogP contribution in [0.4, 0.5) is 0 Å². The standard InChI is InChI=1S/C14H14O2/c1-10-4-3-5-13(10)14-7-6-12(16-2)8-11(14)9-15/h3-9,13H,1-2H3. The highest BCUT2D eigenvalue weighted by Gasteiger charge is 2.16. The van der Waals surface area contributed by atoms with Gasteiger partial charge >= 0.3 is 0 Å². The van der Waals surface area contributed by atoms with E-state index >= 15 is 0 Å². The van der Waals surface area contributed by atoms with Crippen molar-refractivity contribution in [3.8, 4) is 5.75 Å². The third-order valence-electron chi connectivity index (χ3n) is 2.91. The molecular weight excluding hydrogens is 200 g/mol. The molecule has 0 aliphatic heterocycles. The molecule has 0 radical (unpaired) electrons. The molecule has 0 saturated carbocycles. The number of allylic oxidation sites excluding steroid dienone is 4. The van der Waals surface area contributed by atoms with Gasteiger partial charge in [0.05, 0.1) is 7.11 Å². The molecule has 2 rings (SSSR count). The largest absolute Gasteiger partial charge is 0.497 e. The van der Waals surface area contributed by atoms with E-state index in [-0.39, 0.29) is 5.92 Å². The molecule has 1 aromatic rings. The monoisotopic (exact) mass is 214 g/mol. The van der Waals surface area contributed by atoms with E-state index in [0.29, 0.717) is 5.56 Å². The molecule has 1 aliphatic rings. The zero-order valence-electron chi connectivity index (χ0n) is 9.44. The molecule has 0 amide bonds. The van der Waals surface area contributed by atoms with Gasteiger partial charge in [0.1, 0.15) is 12.0 Å². The predicted octanol–water partition coefficient (Wildman–Crippen LogP) is 3.11. The molecule has 2 nitrogen and oxygen atoms in total. The Bertz CT molecular complexity index is 470. The fourth-order valence-electron chi connectivity index (χ4n) is 1.99. The summed E-state index contributed by atoms with van der Waals surface area (Å²) in [6.07, 6.45) is 7.09. The molecule has 0 fully saturated rings. The summed E-state index contributed by atoms with van der Waals surface area (Å²) in [6.45, 7) is 2.07. The number of ether oxygens (including phenoxy) is 1. The van der Waals surface area contributed by atoms with Crippen molar-refractivity contribution in [3.63, 3.8) is 0 Å². The van der Waals surface area contributed by atoms with Gasteiger partial charge in [-0.25, -0.2) is 0 Å². The number of benzene rings is 1. The van der Waals surface area contributed by atoms with Gasteiger partial charge in [-0.3, -0.25) is 4.79 Å². The third-order valence-corrected chi connectivity index (χ3v) is 2.91. The first kappa shape index (κ1) is 10.7. The van der Waals surface area contributed by atoms with Crippen LogP contribution in [-0.4, -0.2) is 13.4 Å². The van der Waals surface area contributed by atoms with Gasteiger partial charge in [-0.15, -0.1) is 0 Å². The minimum atomic E-state index is 0.228. The second kappa shape index (κ2) is 4.35. The highest BCUT2D eigenvalue weighted by Crippen LogP contribution is 2.32. The Morgan fingerprint density at radius 3 is 2.75 bits per heavy atom. The molecule has 0 heterocycles. The quantitative estimate of drug-likeness (QED) is 0.723. The molecule has 2 heteroatoms. The molecule has 1 unspecified atom stereocenters. The molecule has 1 atom stereocenters. The molecule has 1 aliphatic carbocycles. The van der Waals surface area contributed by atoms with E-state index in [4.69, 9.17) is 4.74 Å². The molecule has 0 saturated heterocycles. The lowest BCUT2D eigenvalue weighted by atomic mass is 9.91. The van der Waals surface area contributed by atoms with Gasteiger partial charge in [0.25, 0.3) is 0 Å². The molecule has 82 valence electrons. The van der Waals surface area contributed by atoms with E-state index in [1.165, 1.54) is 5.57 Å². The summed E-state index contributed by atoms with van der Waals surface area (Å²) in [7, 11) is 1.60. The minimum absolute atomic E-state index is 0.228. The van der Waals surface area contributed by atoms with Gasteiger partial charge in [0.15, 0.2) is 0 Å². The van der Waals surface area contributed by atoms with Gasteiger partial charge in [-0.1, -0.05) is 29.9 Å². The Balaban J connectivity index is 2.45. The summed E-state index contributed by atoms with van der Waals surface area (Å²) in [4.78, 5) is 11.1. The number of carbonyl (C=O) groups excluding carboxylic acids is 1. The van der Waals surface area contributed by atoms with Crippen molar-refractivity contribution in [1.29, 1.82) is 0 Å². The van der Waals surface area contributed by atoms with Crippen LogP contribution in [0.25, 0.3) is 0 Å². The van der Waals surface area contributed by atoms with E-state index in [1.54, 1.807) is 13.2 Å². The normalized spacial score (nSPS) is 18.4. The van der Waals surface area contributed by atoms with Gasteiger partial charge < -0.3 is 4.74 Å². The van der Waals surface area contributed by atoms with Crippen molar-refractivity contribution in [2.24, 2.45) is 0 Å². The van der Waals surface area contributed by atoms with Gasteiger partial charge in [0, 0.05) is 11.5 Å². The molecule has 1 aromatic carbocycles. The number of methoxy groups -OCH3 is 1. The number of rotatable bonds is 3. The van der Waals surface area contributed by atoms with E-state index in [0.717, 1.165) is 17.6 Å². The summed E-state index contributed by atoms with van der Waals surface area (Å²) >= 11 is 0. The Morgan fingerprint density at radius 1 is 1.38 bits per heavy atom. The smallest absolute Gasteiger partial charge is 0.150 e. The summed E-state index contributed by atoms with van der Waals surface area (Å²) in [6, 6.07) is 5.63. The van der Waals surface area contributed by atoms with Gasteiger partial charge in [-0.2, -0.15) is 0 Å². The van der Waals surface area contributed by atoms with Crippen LogP contribution in [0.2, 0.25) is 0 Å². The van der Waals surface area contributed by atoms with Crippen molar-refractivity contribution in [2.75, 3.05) is 7.11 Å². The number of carbonyl (C=O) groups is 1. The maximum absolute atomic E-state index is 11.1. The highest BCUT2D eigenvalue weighted by atomic mass is 16.5. The molecule has 0 bridgehead atoms. The van der Waals surface area contributed by atoms with Crippen LogP contribution in [0.3, 0.4) is 0 Å². The first-order valence-electron chi connectivity index (χ1n) is 5.24. The lowest BCUT2D eigenvalue weighted by molar-refractivity contribution is 0.112. The van der Waals surface area contributed by atoms with Crippen LogP contribution in [0.15, 0.2) is 42.0 Å². The minimum Gasteiger partial charge on any atom is -0.497 e. The lowest BCUT2D eigenvalue weighted by Crippen LogP contribution is -2.00. The highest BCUT2D eigenvalue weighted by molar-refractivity contribution is 5.79. The average molecular weight is 214 g/mol. The van der Waals surface area contributed by atoms with Crippen molar-refractivity contribution in [1.82, 2.24) is 0 Å². The van der Waals surface area contributed by atoms with E-state index in [1.807, 2.05) is 18.2 Å². The Labute approximate surface area is 95.2 Å². The first-order valence-corrected chi connectivity index (χ1v) is 5.24. The van der Waals surface area contributed by atoms with Crippen LogP contribution in [0.5, 0.6) is 5.75 Å². The van der Waals surface area contributed by atoms with Crippen LogP contribution in [0.1, 0.15) is 28.8 Å². The number of aldehydes is 1. The fourth-order valence-corrected chi connectivity index (χ4v) is 1.99. The Kier molecular flexibility index (Phi) is 2.91. The Hall–Kier alpha value is -1.83. The zero-order chi connectivity index (χ0) is 11.5. The maximum atomic E-state index is 11.1. The fraction of sp³-hybridized carbons (Fsp3) is 0.214. The topological polar surface area (TPSA) is 26.3 Å². The molecular formula is C14H14O2. The van der Waals surface area contributed by atoms with Crippen molar-refractivity contribution in [3.05, 3.63) is 53.1 Å². The lowest BCUT2D eigenvalue weighted by Gasteiger charge is -2.14. The van der Waals surface area contributed by atoms with E-state index < -0.39 is 0 Å². The summed E-state index contributed by atoms with van der Waals surface area (Å²) in [5.41, 5.74) is 3.00. The SMILES string of the molecule is COc1ccc(C2C=CC=C2C)c(C=O)c1. The van der Waals surface area contributed by atoms with Crippen LogP contribution in [-0.2, 0) is 0 Å². The van der Waals surface area contributed by atoms with E-state index in [9.17, 15) is 4.79 Å². The Morgan fingerprint density at radius 2 is 2.19 bits per heavy atom. The second-order valence-corrected chi connectivity index (χ2v) is 3.89. The summed E-state index contributed by atoms with van der Waals surface area (Å²) in [5, 5.41) is 0. The predicted molar refractivity (Wildman–Crippen MR) is 64.0 cm³/mol. The van der Waals surface area contributed by atoms with Crippen LogP contribution in [0, 0.1) is 0 Å². The number of hydrogen-bond donors (Lipinski definition) is 0. The molecule has 0 N–H and O–H groups in total. The molecule has 0 spiro atoms. The second-order valence-electron chi connectivity index (χ2n) is 3.89. The van der Waals surface area contributed by atoms with Crippen molar-refractivity contribution in [2.45, 2.75) is 12.8 Å². The first-order chi connectivity index (χ1) is 7.76. The van der Waals surface area contributed by atoms with Gasteiger partial charge in [0.2, 0.25) is 0 Å². The molecule has 16 heavy (non-hydrogen) atoms. The zero-order valence-corrected chi connectivity index (χ0v) is 9.44. The average Bonchev–Trinajstić information content (AvgIpc) is 2.74. The third kappa shape index (κ3) is 1.78. The van der Waals surface area contributed by atoms with Crippen molar-refractivity contribution >= 4 is 6.29 Å². The summed E-state index contributed by atoms with van der Waals surface area (Å²) in [5.74, 6) is 0.945. The maximum Gasteiger partial charge on any atom is 0.150 e. The van der Waals surface area contributed by atoms with E-state index in [2.05, 4.69) is 19.1 Å². The van der Waals surface area contributed by atoms with Crippen LogP contribution < -0.4 is 4.74 Å². The molecule has 0 aromatic heterocycles. The van der Waals surface area contributed by atoms with Crippen LogP contribution >= 0.6 is 0 Å².